The molecule has 1 fully saturated rings. The molecule has 13 heteroatoms. The number of nitrogens with one attached hydrogen (secondary N) is 2. The molecule has 0 saturated carbocycles. The smallest absolute Gasteiger partial charge is 0.330 e. The zero-order chi connectivity index (χ0) is 36.4. The molecule has 0 spiro atoms. The van der Waals surface area contributed by atoms with Crippen LogP contribution in [0.25, 0.3) is 0 Å². The van der Waals surface area contributed by atoms with Gasteiger partial charge >= 0.3 is 11.7 Å². The van der Waals surface area contributed by atoms with E-state index in [0.29, 0.717) is 29.2 Å². The summed E-state index contributed by atoms with van der Waals surface area (Å²) in [5, 5.41) is 2.74. The fourth-order valence-corrected chi connectivity index (χ4v) is 6.02. The number of hydrogen-bond acceptors (Lipinski definition) is 9. The number of carbonyl (C=O) groups is 2. The molecule has 51 heavy (non-hydrogen) atoms. The van der Waals surface area contributed by atoms with Gasteiger partial charge in [0.15, 0.2) is 18.5 Å². The van der Waals surface area contributed by atoms with Crippen LogP contribution in [0.5, 0.6) is 11.5 Å². The highest BCUT2D eigenvalue weighted by molar-refractivity contribution is 5.81. The number of methoxy groups -OCH3 is 2. The number of aromatic nitrogens is 2. The second-order valence-electron chi connectivity index (χ2n) is 12.0. The fourth-order valence-electron chi connectivity index (χ4n) is 6.02. The maximum atomic E-state index is 16.4. The lowest BCUT2D eigenvalue weighted by atomic mass is 9.80. The Hall–Kier alpha value is -5.27. The Morgan fingerprint density at radius 3 is 2.06 bits per heavy atom. The van der Waals surface area contributed by atoms with Crippen LogP contribution in [-0.4, -0.2) is 67.2 Å². The summed E-state index contributed by atoms with van der Waals surface area (Å²) in [7, 11) is 3.13. The Morgan fingerprint density at radius 1 is 0.882 bits per heavy atom. The summed E-state index contributed by atoms with van der Waals surface area (Å²) < 4.78 is 46.7. The molecule has 4 aromatic rings. The molecule has 1 aliphatic heterocycles. The van der Waals surface area contributed by atoms with Crippen LogP contribution in [-0.2, 0) is 29.4 Å². The van der Waals surface area contributed by atoms with E-state index in [0.717, 1.165) is 35.2 Å². The van der Waals surface area contributed by atoms with Gasteiger partial charge in [-0.2, -0.15) is 0 Å². The highest BCUT2D eigenvalue weighted by atomic mass is 19.1. The number of nitrogens with zero attached hydrogens (tertiary/aromatic N) is 1. The quantitative estimate of drug-likeness (QED) is 0.0985. The highest BCUT2D eigenvalue weighted by Gasteiger charge is 2.50. The molecule has 12 nitrogen and oxygen atoms in total. The van der Waals surface area contributed by atoms with Crippen molar-refractivity contribution in [1.82, 2.24) is 14.9 Å². The van der Waals surface area contributed by atoms with Crippen LogP contribution in [0.4, 0.5) is 4.39 Å². The molecule has 0 aliphatic carbocycles. The minimum absolute atomic E-state index is 0.150. The van der Waals surface area contributed by atoms with Gasteiger partial charge in [0, 0.05) is 25.2 Å². The number of ether oxygens (including phenoxy) is 5. The van der Waals surface area contributed by atoms with Gasteiger partial charge in [-0.05, 0) is 47.4 Å². The van der Waals surface area contributed by atoms with Gasteiger partial charge in [-0.15, -0.1) is 0 Å². The number of carbonyl (C=O) groups excluding carboxylic acids is 2. The molecule has 270 valence electrons. The highest BCUT2D eigenvalue weighted by Crippen LogP contribution is 2.43. The van der Waals surface area contributed by atoms with Gasteiger partial charge in [-0.1, -0.05) is 67.9 Å². The SMILES string of the molecule is CCCCNC(=O)CCC(=O)O[C@@H]1C(F)[C@H](n2ccc(=O)[nH]c2=O)O[C@@H]1COC(c1ccccc1)(c1ccc(OC)cc1)c1ccc(OC)cc1. The number of aromatic amines is 1. The third kappa shape index (κ3) is 8.55. The Labute approximate surface area is 294 Å². The molecule has 2 heterocycles. The number of amides is 1. The van der Waals surface area contributed by atoms with Crippen molar-refractivity contribution in [2.24, 2.45) is 0 Å². The number of benzene rings is 3. The fraction of sp³-hybridized carbons (Fsp3) is 0.368. The zero-order valence-corrected chi connectivity index (χ0v) is 28.7. The summed E-state index contributed by atoms with van der Waals surface area (Å²) in [4.78, 5) is 51.9. The number of rotatable bonds is 16. The lowest BCUT2D eigenvalue weighted by molar-refractivity contribution is -0.158. The van der Waals surface area contributed by atoms with E-state index in [1.54, 1.807) is 38.5 Å². The van der Waals surface area contributed by atoms with Gasteiger partial charge in [0.1, 0.15) is 23.2 Å². The first kappa shape index (κ1) is 37.0. The molecule has 0 bridgehead atoms. The Kier molecular flexibility index (Phi) is 12.4. The molecule has 4 atom stereocenters. The third-order valence-corrected chi connectivity index (χ3v) is 8.71. The van der Waals surface area contributed by atoms with Crippen molar-refractivity contribution in [2.45, 2.75) is 62.8 Å². The van der Waals surface area contributed by atoms with Crippen molar-refractivity contribution >= 4 is 11.9 Å². The predicted octanol–water partition coefficient (Wildman–Crippen LogP) is 4.41. The number of alkyl halides is 1. The standard InChI is InChI=1S/C38H42FN3O9/c1-4-5-22-40-31(43)19-20-33(45)51-35-30(50-36(34(35)39)42-23-21-32(44)41-37(42)46)24-49-38(25-9-7-6-8-10-25,26-11-15-28(47-2)16-12-26)27-13-17-29(48-3)18-14-27/h6-18,21,23,30,34-36H,4-5,19-20,22,24H2,1-3H3,(H,40,43)(H,41,44,46)/t30-,34?,35+,36-/m1/s1. The van der Waals surface area contributed by atoms with E-state index in [9.17, 15) is 19.2 Å². The molecular formula is C38H42FN3O9. The number of esters is 1. The summed E-state index contributed by atoms with van der Waals surface area (Å²) in [6.45, 7) is 2.15. The largest absolute Gasteiger partial charge is 0.497 e. The third-order valence-electron chi connectivity index (χ3n) is 8.71. The molecule has 1 aromatic heterocycles. The van der Waals surface area contributed by atoms with Crippen molar-refractivity contribution in [3.05, 3.63) is 129 Å². The van der Waals surface area contributed by atoms with Gasteiger partial charge in [0.05, 0.1) is 27.2 Å². The minimum Gasteiger partial charge on any atom is -0.497 e. The van der Waals surface area contributed by atoms with E-state index in [4.69, 9.17) is 23.7 Å². The van der Waals surface area contributed by atoms with E-state index in [1.165, 1.54) is 0 Å². The van der Waals surface area contributed by atoms with Crippen molar-refractivity contribution in [3.8, 4) is 11.5 Å². The average molecular weight is 704 g/mol. The second kappa shape index (κ2) is 17.1. The van der Waals surface area contributed by atoms with E-state index in [-0.39, 0.29) is 25.4 Å². The van der Waals surface area contributed by atoms with Crippen molar-refractivity contribution in [2.75, 3.05) is 27.4 Å². The Bertz CT molecular complexity index is 1820. The molecule has 1 saturated heterocycles. The van der Waals surface area contributed by atoms with Crippen LogP contribution in [0.2, 0.25) is 0 Å². The summed E-state index contributed by atoms with van der Waals surface area (Å²) in [6, 6.07) is 25.1. The minimum atomic E-state index is -2.04. The normalized spacial score (nSPS) is 18.6. The zero-order valence-electron chi connectivity index (χ0n) is 28.7. The summed E-state index contributed by atoms with van der Waals surface area (Å²) in [6.07, 6.45) is -4.02. The number of halogens is 1. The van der Waals surface area contributed by atoms with Gasteiger partial charge < -0.3 is 29.0 Å². The van der Waals surface area contributed by atoms with Gasteiger partial charge in [-0.3, -0.25) is 23.9 Å². The first-order valence-electron chi connectivity index (χ1n) is 16.8. The predicted molar refractivity (Wildman–Crippen MR) is 185 cm³/mol. The first-order chi connectivity index (χ1) is 24.7. The van der Waals surface area contributed by atoms with Crippen LogP contribution >= 0.6 is 0 Å². The van der Waals surface area contributed by atoms with Crippen molar-refractivity contribution in [3.63, 3.8) is 0 Å². The van der Waals surface area contributed by atoms with E-state index in [2.05, 4.69) is 10.3 Å². The average Bonchev–Trinajstić information content (AvgIpc) is 3.45. The maximum absolute atomic E-state index is 16.4. The van der Waals surface area contributed by atoms with Crippen LogP contribution in [0.3, 0.4) is 0 Å². The maximum Gasteiger partial charge on any atom is 0.330 e. The monoisotopic (exact) mass is 703 g/mol. The number of unbranched alkanes of at least 4 members (excludes halogenated alkanes) is 1. The lowest BCUT2D eigenvalue weighted by Gasteiger charge is -2.37. The van der Waals surface area contributed by atoms with Crippen molar-refractivity contribution in [1.29, 1.82) is 0 Å². The molecule has 2 N–H and O–H groups in total. The number of hydrogen-bond donors (Lipinski definition) is 2. The molecule has 3 aromatic carbocycles. The van der Waals surface area contributed by atoms with E-state index in [1.807, 2.05) is 61.5 Å². The summed E-state index contributed by atoms with van der Waals surface area (Å²) >= 11 is 0. The molecule has 1 aliphatic rings. The van der Waals surface area contributed by atoms with Crippen LogP contribution in [0.15, 0.2) is 101 Å². The van der Waals surface area contributed by atoms with Crippen LogP contribution in [0.1, 0.15) is 55.5 Å². The number of H-pyrrole nitrogens is 1. The second-order valence-corrected chi connectivity index (χ2v) is 12.0. The Morgan fingerprint density at radius 2 is 1.49 bits per heavy atom. The molecule has 5 rings (SSSR count). The van der Waals surface area contributed by atoms with Crippen molar-refractivity contribution < 1.29 is 37.7 Å². The molecule has 1 amide bonds. The van der Waals surface area contributed by atoms with Gasteiger partial charge in [0.25, 0.3) is 5.56 Å². The summed E-state index contributed by atoms with van der Waals surface area (Å²) in [5.41, 5.74) is -0.758. The first-order valence-corrected chi connectivity index (χ1v) is 16.8. The molecular weight excluding hydrogens is 661 g/mol. The Balaban J connectivity index is 1.51. The molecule has 0 radical (unpaired) electrons. The molecule has 1 unspecified atom stereocenters. The summed E-state index contributed by atoms with van der Waals surface area (Å²) in [5.74, 6) is 0.0881. The van der Waals surface area contributed by atoms with E-state index >= 15 is 4.39 Å². The van der Waals surface area contributed by atoms with Gasteiger partial charge in [0.2, 0.25) is 5.91 Å². The van der Waals surface area contributed by atoms with Crippen LogP contribution < -0.4 is 26.0 Å². The lowest BCUT2D eigenvalue weighted by Crippen LogP contribution is -2.41. The topological polar surface area (TPSA) is 147 Å². The van der Waals surface area contributed by atoms with Gasteiger partial charge in [-0.25, -0.2) is 9.18 Å². The van der Waals surface area contributed by atoms with Crippen LogP contribution in [0, 0.1) is 0 Å². The van der Waals surface area contributed by atoms with E-state index < -0.39 is 47.4 Å².